The van der Waals surface area contributed by atoms with E-state index in [0.717, 1.165) is 30.3 Å². The SMILES string of the molecule is CC(CCCBr)C(CO)c1cc(F)ccc1F.CCC.COC.Cc1ccc(C)cc1. The Morgan fingerprint density at radius 1 is 0.968 bits per heavy atom. The molecule has 0 spiro atoms. The standard InChI is InChI=1S/C13H17BrF2O.C8H10.C3H8.C2H6O/c1-9(3-2-6-14)12(8-17)11-7-10(15)4-5-13(11)16;1-7-3-5-8(2)6-4-7;2*1-3-2/h4-5,7,9,12,17H,2-3,6,8H2,1H3;3-6H,1-2H3;3H2,1-2H3;1-2H3. The predicted octanol–water partition coefficient (Wildman–Crippen LogP) is 7.83. The summed E-state index contributed by atoms with van der Waals surface area (Å²) in [6.45, 7) is 10.2. The maximum atomic E-state index is 13.6. The number of methoxy groups -OCH3 is 1. The normalized spacial score (nSPS) is 11.6. The van der Waals surface area contributed by atoms with Crippen molar-refractivity contribution >= 4 is 15.9 Å². The van der Waals surface area contributed by atoms with Crippen LogP contribution in [-0.4, -0.2) is 31.3 Å². The van der Waals surface area contributed by atoms with Crippen LogP contribution in [-0.2, 0) is 4.74 Å². The summed E-state index contributed by atoms with van der Waals surface area (Å²) >= 11 is 3.33. The van der Waals surface area contributed by atoms with Crippen molar-refractivity contribution in [1.29, 1.82) is 0 Å². The molecule has 2 atom stereocenters. The van der Waals surface area contributed by atoms with Crippen LogP contribution in [0.2, 0.25) is 0 Å². The summed E-state index contributed by atoms with van der Waals surface area (Å²) in [5.41, 5.74) is 2.93. The molecular formula is C26H41BrF2O2. The minimum atomic E-state index is -0.465. The molecule has 0 heterocycles. The largest absolute Gasteiger partial charge is 0.396 e. The first-order chi connectivity index (χ1) is 14.7. The second-order valence-electron chi connectivity index (χ2n) is 7.53. The van der Waals surface area contributed by atoms with Gasteiger partial charge in [-0.2, -0.15) is 0 Å². The van der Waals surface area contributed by atoms with E-state index in [1.165, 1.54) is 23.6 Å². The van der Waals surface area contributed by atoms with Crippen LogP contribution in [0.1, 0.15) is 62.6 Å². The number of rotatable bonds is 6. The van der Waals surface area contributed by atoms with Gasteiger partial charge < -0.3 is 9.84 Å². The zero-order chi connectivity index (χ0) is 24.2. The van der Waals surface area contributed by atoms with Crippen molar-refractivity contribution in [2.75, 3.05) is 26.2 Å². The molecule has 0 aliphatic heterocycles. The molecular weight excluding hydrogens is 462 g/mol. The van der Waals surface area contributed by atoms with E-state index in [-0.39, 0.29) is 24.0 Å². The zero-order valence-electron chi connectivity index (χ0n) is 20.2. The van der Waals surface area contributed by atoms with E-state index < -0.39 is 11.6 Å². The molecule has 0 fully saturated rings. The molecule has 2 unspecified atom stereocenters. The first-order valence-corrected chi connectivity index (χ1v) is 11.9. The van der Waals surface area contributed by atoms with E-state index in [4.69, 9.17) is 0 Å². The van der Waals surface area contributed by atoms with Gasteiger partial charge in [-0.3, -0.25) is 0 Å². The van der Waals surface area contributed by atoms with E-state index in [0.29, 0.717) is 0 Å². The first kappa shape index (κ1) is 31.9. The number of hydrogen-bond donors (Lipinski definition) is 1. The van der Waals surface area contributed by atoms with E-state index in [1.54, 1.807) is 14.2 Å². The number of hydrogen-bond acceptors (Lipinski definition) is 2. The molecule has 178 valence electrons. The molecule has 0 saturated carbocycles. The van der Waals surface area contributed by atoms with Gasteiger partial charge in [0.2, 0.25) is 0 Å². The maximum absolute atomic E-state index is 13.6. The molecule has 2 nitrogen and oxygen atoms in total. The maximum Gasteiger partial charge on any atom is 0.126 e. The van der Waals surface area contributed by atoms with Gasteiger partial charge in [-0.25, -0.2) is 8.78 Å². The molecule has 0 amide bonds. The van der Waals surface area contributed by atoms with Gasteiger partial charge in [0.25, 0.3) is 0 Å². The van der Waals surface area contributed by atoms with E-state index in [2.05, 4.69) is 72.6 Å². The van der Waals surface area contributed by atoms with Crippen molar-refractivity contribution in [2.24, 2.45) is 5.92 Å². The fourth-order valence-electron chi connectivity index (χ4n) is 2.62. The lowest BCUT2D eigenvalue weighted by Gasteiger charge is -2.22. The summed E-state index contributed by atoms with van der Waals surface area (Å²) in [5, 5.41) is 10.2. The van der Waals surface area contributed by atoms with Gasteiger partial charge in [0.15, 0.2) is 0 Å². The van der Waals surface area contributed by atoms with Crippen LogP contribution < -0.4 is 0 Å². The lowest BCUT2D eigenvalue weighted by Crippen LogP contribution is -2.16. The highest BCUT2D eigenvalue weighted by atomic mass is 79.9. The minimum absolute atomic E-state index is 0.119. The van der Waals surface area contributed by atoms with Crippen LogP contribution in [0.4, 0.5) is 8.78 Å². The quantitative estimate of drug-likeness (QED) is 0.407. The minimum Gasteiger partial charge on any atom is -0.396 e. The average Bonchev–Trinajstić information content (AvgIpc) is 2.73. The van der Waals surface area contributed by atoms with Crippen molar-refractivity contribution < 1.29 is 18.6 Å². The molecule has 0 saturated heterocycles. The monoisotopic (exact) mass is 502 g/mol. The number of aliphatic hydroxyl groups excluding tert-OH is 1. The van der Waals surface area contributed by atoms with Crippen LogP contribution in [0.25, 0.3) is 0 Å². The van der Waals surface area contributed by atoms with Crippen LogP contribution in [0.15, 0.2) is 42.5 Å². The average molecular weight is 504 g/mol. The van der Waals surface area contributed by atoms with Gasteiger partial charge in [-0.1, -0.05) is 78.5 Å². The number of benzene rings is 2. The molecule has 31 heavy (non-hydrogen) atoms. The number of halogens is 3. The van der Waals surface area contributed by atoms with E-state index >= 15 is 0 Å². The highest BCUT2D eigenvalue weighted by molar-refractivity contribution is 9.09. The lowest BCUT2D eigenvalue weighted by molar-refractivity contribution is 0.222. The summed E-state index contributed by atoms with van der Waals surface area (Å²) in [6, 6.07) is 11.9. The Morgan fingerprint density at radius 3 is 1.81 bits per heavy atom. The van der Waals surface area contributed by atoms with Gasteiger partial charge in [-0.15, -0.1) is 0 Å². The summed E-state index contributed by atoms with van der Waals surface area (Å²) in [7, 11) is 3.25. The van der Waals surface area contributed by atoms with Crippen molar-refractivity contribution in [3.63, 3.8) is 0 Å². The Kier molecular flexibility index (Phi) is 21.2. The molecule has 0 aromatic heterocycles. The molecule has 0 aliphatic rings. The Labute approximate surface area is 197 Å². The molecule has 2 aromatic rings. The van der Waals surface area contributed by atoms with Crippen molar-refractivity contribution in [3.8, 4) is 0 Å². The molecule has 5 heteroatoms. The first-order valence-electron chi connectivity index (χ1n) is 10.8. The van der Waals surface area contributed by atoms with E-state index in [1.807, 2.05) is 6.92 Å². The second-order valence-corrected chi connectivity index (χ2v) is 8.33. The highest BCUT2D eigenvalue weighted by Crippen LogP contribution is 2.30. The Hall–Kier alpha value is -1.30. The number of aliphatic hydroxyl groups is 1. The van der Waals surface area contributed by atoms with Crippen LogP contribution in [0.5, 0.6) is 0 Å². The second kappa shape index (κ2) is 20.6. The third kappa shape index (κ3) is 16.1. The molecule has 2 aromatic carbocycles. The fraction of sp³-hybridized carbons (Fsp3) is 0.538. The van der Waals surface area contributed by atoms with Gasteiger partial charge in [0.1, 0.15) is 11.6 Å². The Bertz CT molecular complexity index is 640. The number of alkyl halides is 1. The van der Waals surface area contributed by atoms with Gasteiger partial charge >= 0.3 is 0 Å². The van der Waals surface area contributed by atoms with Gasteiger partial charge in [0, 0.05) is 25.5 Å². The number of aryl methyl sites for hydroxylation is 2. The Morgan fingerprint density at radius 2 is 1.42 bits per heavy atom. The smallest absolute Gasteiger partial charge is 0.126 e. The predicted molar refractivity (Wildman–Crippen MR) is 133 cm³/mol. The van der Waals surface area contributed by atoms with Crippen molar-refractivity contribution in [3.05, 3.63) is 70.8 Å². The topological polar surface area (TPSA) is 29.5 Å². The summed E-state index contributed by atoms with van der Waals surface area (Å²) in [4.78, 5) is 0. The van der Waals surface area contributed by atoms with Crippen molar-refractivity contribution in [1.82, 2.24) is 0 Å². The molecule has 0 bridgehead atoms. The lowest BCUT2D eigenvalue weighted by atomic mass is 9.85. The van der Waals surface area contributed by atoms with Gasteiger partial charge in [-0.05, 0) is 56.4 Å². The summed E-state index contributed by atoms with van der Waals surface area (Å²) in [5.74, 6) is -1.14. The summed E-state index contributed by atoms with van der Waals surface area (Å²) < 4.78 is 31.0. The van der Waals surface area contributed by atoms with Gasteiger partial charge in [0.05, 0.1) is 6.61 Å². The van der Waals surface area contributed by atoms with Crippen LogP contribution in [0.3, 0.4) is 0 Å². The molecule has 0 aliphatic carbocycles. The van der Waals surface area contributed by atoms with Crippen molar-refractivity contribution in [2.45, 2.75) is 59.8 Å². The fourth-order valence-corrected chi connectivity index (χ4v) is 2.94. The third-order valence-electron chi connectivity index (χ3n) is 4.25. The van der Waals surface area contributed by atoms with Crippen LogP contribution in [0, 0.1) is 31.4 Å². The molecule has 2 rings (SSSR count). The summed E-state index contributed by atoms with van der Waals surface area (Å²) in [6.07, 6.45) is 3.07. The Balaban J connectivity index is 0. The van der Waals surface area contributed by atoms with E-state index in [9.17, 15) is 13.9 Å². The highest BCUT2D eigenvalue weighted by Gasteiger charge is 2.21. The number of ether oxygens (including phenoxy) is 1. The molecule has 1 N–H and O–H groups in total. The molecule has 0 radical (unpaired) electrons. The third-order valence-corrected chi connectivity index (χ3v) is 4.81. The zero-order valence-corrected chi connectivity index (χ0v) is 21.8. The van der Waals surface area contributed by atoms with Crippen LogP contribution >= 0.6 is 15.9 Å².